The lowest BCUT2D eigenvalue weighted by Crippen LogP contribution is -2.28. The number of methoxy groups -OCH3 is 1. The maximum Gasteiger partial charge on any atom is 0.160 e. The van der Waals surface area contributed by atoms with Gasteiger partial charge >= 0.3 is 0 Å². The summed E-state index contributed by atoms with van der Waals surface area (Å²) in [5.41, 5.74) is 0.659. The Labute approximate surface area is 115 Å². The summed E-state index contributed by atoms with van der Waals surface area (Å²) in [6.45, 7) is 3.31. The third-order valence-electron chi connectivity index (χ3n) is 2.62. The van der Waals surface area contributed by atoms with Gasteiger partial charge in [0, 0.05) is 13.3 Å². The lowest BCUT2D eigenvalue weighted by atomic mass is 10.4. The molecule has 2 aromatic heterocycles. The number of fused-ring (bicyclic) bond motifs is 1. The number of nitrogens with zero attached hydrogens (tertiary/aromatic N) is 3. The monoisotopic (exact) mass is 285 g/mol. The lowest BCUT2D eigenvalue weighted by Gasteiger charge is -2.23. The highest BCUT2D eigenvalue weighted by atomic mass is 35.5. The molecule has 0 amide bonds. The number of hydrogen-bond acceptors (Lipinski definition) is 5. The summed E-state index contributed by atoms with van der Waals surface area (Å²) in [5.74, 6) is -1.22. The van der Waals surface area contributed by atoms with Gasteiger partial charge < -0.3 is 19.1 Å². The van der Waals surface area contributed by atoms with Crippen LogP contribution in [0.4, 0.5) is 0 Å². The molecule has 0 aliphatic rings. The Kier molecular flexibility index (Phi) is 4.05. The molecule has 104 valence electrons. The van der Waals surface area contributed by atoms with Crippen molar-refractivity contribution in [3.8, 4) is 0 Å². The van der Waals surface area contributed by atoms with Gasteiger partial charge in [-0.2, -0.15) is 0 Å². The lowest BCUT2D eigenvalue weighted by molar-refractivity contribution is -0.200. The van der Waals surface area contributed by atoms with Gasteiger partial charge in [0.05, 0.1) is 12.0 Å². The molecule has 0 unspecified atom stereocenters. The summed E-state index contributed by atoms with van der Waals surface area (Å²) in [6, 6.07) is 1.81. The van der Waals surface area contributed by atoms with Crippen molar-refractivity contribution >= 4 is 22.6 Å². The molecule has 19 heavy (non-hydrogen) atoms. The number of aromatic nitrogens is 3. The Hall–Kier alpha value is -1.21. The van der Waals surface area contributed by atoms with Gasteiger partial charge in [-0.3, -0.25) is 0 Å². The first-order chi connectivity index (χ1) is 8.92. The summed E-state index contributed by atoms with van der Waals surface area (Å²) in [5, 5.41) is 10.7. The highest BCUT2D eigenvalue weighted by Gasteiger charge is 2.19. The first-order valence-corrected chi connectivity index (χ1v) is 6.16. The minimum atomic E-state index is -1.22. The molecule has 1 atom stereocenters. The third-order valence-corrected chi connectivity index (χ3v) is 2.92. The fourth-order valence-corrected chi connectivity index (χ4v) is 1.90. The number of aliphatic hydroxyl groups is 1. The Bertz CT molecular complexity index is 565. The molecule has 6 nitrogen and oxygen atoms in total. The van der Waals surface area contributed by atoms with Crippen molar-refractivity contribution in [1.29, 1.82) is 0 Å². The molecule has 2 heterocycles. The zero-order chi connectivity index (χ0) is 14.0. The molecule has 0 saturated carbocycles. The van der Waals surface area contributed by atoms with Crippen LogP contribution in [-0.4, -0.2) is 39.1 Å². The van der Waals surface area contributed by atoms with Crippen LogP contribution in [-0.2, 0) is 9.47 Å². The topological polar surface area (TPSA) is 69.4 Å². The van der Waals surface area contributed by atoms with E-state index >= 15 is 0 Å². The third kappa shape index (κ3) is 3.22. The second-order valence-electron chi connectivity index (χ2n) is 4.57. The van der Waals surface area contributed by atoms with Crippen LogP contribution in [0.1, 0.15) is 20.1 Å². The van der Waals surface area contributed by atoms with Gasteiger partial charge in [-0.25, -0.2) is 9.97 Å². The Balaban J connectivity index is 2.28. The molecule has 1 N–H and O–H groups in total. The summed E-state index contributed by atoms with van der Waals surface area (Å²) < 4.78 is 12.5. The van der Waals surface area contributed by atoms with Crippen molar-refractivity contribution in [3.63, 3.8) is 0 Å². The predicted molar refractivity (Wildman–Crippen MR) is 70.8 cm³/mol. The van der Waals surface area contributed by atoms with E-state index in [0.717, 1.165) is 5.39 Å². The molecule has 0 saturated heterocycles. The van der Waals surface area contributed by atoms with Crippen molar-refractivity contribution in [1.82, 2.24) is 14.5 Å². The Morgan fingerprint density at radius 1 is 1.47 bits per heavy atom. The van der Waals surface area contributed by atoms with Gasteiger partial charge in [-0.15, -0.1) is 0 Å². The van der Waals surface area contributed by atoms with Gasteiger partial charge in [0.2, 0.25) is 0 Å². The van der Waals surface area contributed by atoms with E-state index in [1.54, 1.807) is 31.7 Å². The summed E-state index contributed by atoms with van der Waals surface area (Å²) in [6.07, 6.45) is 2.78. The molecule has 0 aliphatic carbocycles. The van der Waals surface area contributed by atoms with Crippen molar-refractivity contribution in [2.45, 2.75) is 25.9 Å². The minimum Gasteiger partial charge on any atom is -0.366 e. The second-order valence-corrected chi connectivity index (χ2v) is 4.93. The van der Waals surface area contributed by atoms with Crippen LogP contribution in [0.5, 0.6) is 0 Å². The van der Waals surface area contributed by atoms with Gasteiger partial charge in [0.15, 0.2) is 12.0 Å². The van der Waals surface area contributed by atoms with Gasteiger partial charge in [-0.05, 0) is 19.9 Å². The van der Waals surface area contributed by atoms with E-state index in [1.165, 1.54) is 6.33 Å². The molecular formula is C12H16ClN3O3. The molecule has 0 bridgehead atoms. The number of ether oxygens (including phenoxy) is 2. The Morgan fingerprint density at radius 2 is 2.21 bits per heavy atom. The largest absolute Gasteiger partial charge is 0.366 e. The van der Waals surface area contributed by atoms with E-state index in [1.807, 2.05) is 6.07 Å². The van der Waals surface area contributed by atoms with Crippen LogP contribution in [0, 0.1) is 0 Å². The first-order valence-electron chi connectivity index (χ1n) is 5.78. The summed E-state index contributed by atoms with van der Waals surface area (Å²) >= 11 is 5.99. The van der Waals surface area contributed by atoms with Crippen molar-refractivity contribution in [2.75, 3.05) is 13.7 Å². The van der Waals surface area contributed by atoms with E-state index in [2.05, 4.69) is 9.97 Å². The quantitative estimate of drug-likeness (QED) is 0.672. The molecule has 0 fully saturated rings. The molecule has 0 aromatic carbocycles. The van der Waals surface area contributed by atoms with E-state index < -0.39 is 12.0 Å². The van der Waals surface area contributed by atoms with Crippen molar-refractivity contribution in [3.05, 3.63) is 23.7 Å². The fraction of sp³-hybridized carbons (Fsp3) is 0.500. The Morgan fingerprint density at radius 3 is 2.84 bits per heavy atom. The smallest absolute Gasteiger partial charge is 0.160 e. The predicted octanol–water partition coefficient (Wildman–Crippen LogP) is 1.97. The van der Waals surface area contributed by atoms with Crippen molar-refractivity contribution < 1.29 is 14.6 Å². The molecule has 0 spiro atoms. The van der Waals surface area contributed by atoms with Crippen LogP contribution in [0.25, 0.3) is 11.0 Å². The maximum absolute atomic E-state index is 9.58. The molecule has 7 heteroatoms. The van der Waals surface area contributed by atoms with Crippen LogP contribution in [0.2, 0.25) is 5.15 Å². The van der Waals surface area contributed by atoms with Gasteiger partial charge in [-0.1, -0.05) is 11.6 Å². The van der Waals surface area contributed by atoms with Crippen LogP contribution in [0.15, 0.2) is 18.6 Å². The summed E-state index contributed by atoms with van der Waals surface area (Å²) in [4.78, 5) is 8.10. The molecule has 2 aromatic rings. The number of rotatable bonds is 5. The van der Waals surface area contributed by atoms with E-state index in [9.17, 15) is 5.11 Å². The number of hydrogen-bond donors (Lipinski definition) is 1. The average Bonchev–Trinajstić information content (AvgIpc) is 2.74. The van der Waals surface area contributed by atoms with Gasteiger partial charge in [0.25, 0.3) is 0 Å². The highest BCUT2D eigenvalue weighted by molar-refractivity contribution is 6.33. The first kappa shape index (κ1) is 14.2. The molecular weight excluding hydrogens is 270 g/mol. The maximum atomic E-state index is 9.58. The normalized spacial score (nSPS) is 13.9. The molecule has 0 radical (unpaired) electrons. The molecule has 0 aliphatic heterocycles. The number of halogens is 1. The standard InChI is InChI=1S/C12H16ClN3O3/c1-12(2,17)19-6-9(18-3)16-5-4-8-10(13)14-7-15-11(8)16/h4-5,7,9,17H,6H2,1-3H3/t9-/m1/s1. The zero-order valence-electron chi connectivity index (χ0n) is 11.0. The molecule has 2 rings (SSSR count). The SMILES string of the molecule is CO[C@H](COC(C)(C)O)n1ccc2c(Cl)ncnc21. The van der Waals surface area contributed by atoms with Crippen LogP contribution >= 0.6 is 11.6 Å². The highest BCUT2D eigenvalue weighted by Crippen LogP contribution is 2.24. The average molecular weight is 286 g/mol. The summed E-state index contributed by atoms with van der Waals surface area (Å²) in [7, 11) is 1.56. The fourth-order valence-electron chi connectivity index (χ4n) is 1.71. The van der Waals surface area contributed by atoms with E-state index in [-0.39, 0.29) is 6.61 Å². The van der Waals surface area contributed by atoms with Crippen LogP contribution < -0.4 is 0 Å². The van der Waals surface area contributed by atoms with Crippen LogP contribution in [0.3, 0.4) is 0 Å². The van der Waals surface area contributed by atoms with E-state index in [0.29, 0.717) is 10.8 Å². The zero-order valence-corrected chi connectivity index (χ0v) is 11.8. The second kappa shape index (κ2) is 5.42. The van der Waals surface area contributed by atoms with Gasteiger partial charge in [0.1, 0.15) is 17.1 Å². The minimum absolute atomic E-state index is 0.186. The van der Waals surface area contributed by atoms with Crippen molar-refractivity contribution in [2.24, 2.45) is 0 Å². The van der Waals surface area contributed by atoms with E-state index in [4.69, 9.17) is 21.1 Å².